The zero-order chi connectivity index (χ0) is 14.4. The number of nitrogens with one attached hydrogen (secondary N) is 2. The molecule has 1 heterocycles. The molecule has 0 aliphatic heterocycles. The van der Waals surface area contributed by atoms with Gasteiger partial charge in [-0.25, -0.2) is 4.98 Å². The van der Waals surface area contributed by atoms with E-state index in [1.807, 2.05) is 6.92 Å². The number of nitrogens with zero attached hydrogens (tertiary/aromatic N) is 2. The number of hydrogen-bond donors (Lipinski definition) is 3. The van der Waals surface area contributed by atoms with Gasteiger partial charge in [-0.2, -0.15) is 0 Å². The van der Waals surface area contributed by atoms with E-state index in [4.69, 9.17) is 5.73 Å². The van der Waals surface area contributed by atoms with E-state index in [0.29, 0.717) is 5.82 Å². The van der Waals surface area contributed by atoms with Gasteiger partial charge in [0.25, 0.3) is 5.91 Å². The summed E-state index contributed by atoms with van der Waals surface area (Å²) in [5.74, 6) is 0.673. The van der Waals surface area contributed by atoms with Crippen molar-refractivity contribution in [2.24, 2.45) is 16.6 Å². The first-order valence-corrected chi connectivity index (χ1v) is 6.69. The third-order valence-electron chi connectivity index (χ3n) is 4.44. The lowest BCUT2D eigenvalue weighted by molar-refractivity contribution is -0.0664. The number of amides is 1. The summed E-state index contributed by atoms with van der Waals surface area (Å²) in [4.78, 5) is 16.3. The summed E-state index contributed by atoms with van der Waals surface area (Å²) in [7, 11) is 0. The third kappa shape index (κ3) is 2.04. The summed E-state index contributed by atoms with van der Waals surface area (Å²) < 4.78 is 0. The largest absolute Gasteiger partial charge is 0.345 e. The Kier molecular flexibility index (Phi) is 3.16. The van der Waals surface area contributed by atoms with E-state index in [0.717, 1.165) is 6.42 Å². The summed E-state index contributed by atoms with van der Waals surface area (Å²) in [5, 5.41) is 9.70. The Balaban J connectivity index is 2.11. The normalized spacial score (nSPS) is 27.7. The highest BCUT2D eigenvalue weighted by molar-refractivity contribution is 5.90. The molecule has 1 aliphatic carbocycles. The van der Waals surface area contributed by atoms with Crippen LogP contribution in [0.1, 0.15) is 51.1 Å². The molecule has 6 nitrogen and oxygen atoms in total. The molecule has 0 radical (unpaired) electrons. The molecule has 0 atom stereocenters. The van der Waals surface area contributed by atoms with Gasteiger partial charge in [-0.05, 0) is 0 Å². The van der Waals surface area contributed by atoms with E-state index in [-0.39, 0.29) is 34.6 Å². The second-order valence-electron chi connectivity index (χ2n) is 6.49. The highest BCUT2D eigenvalue weighted by atomic mass is 16.2. The average molecular weight is 265 g/mol. The van der Waals surface area contributed by atoms with Crippen molar-refractivity contribution in [2.75, 3.05) is 0 Å². The predicted molar refractivity (Wildman–Crippen MR) is 72.6 cm³/mol. The van der Waals surface area contributed by atoms with Crippen molar-refractivity contribution in [1.82, 2.24) is 20.5 Å². The standard InChI is InChI=1S/C13H23N5O/c1-6-7-15-8(18-17-7)9(19)16-11-12(2,3)10(14)13(11,4)5/h10-11H,6,14H2,1-5H3,(H,16,19)(H,15,17,18). The maximum absolute atomic E-state index is 12.2. The van der Waals surface area contributed by atoms with Crippen molar-refractivity contribution in [3.8, 4) is 0 Å². The Morgan fingerprint density at radius 2 is 1.95 bits per heavy atom. The van der Waals surface area contributed by atoms with Gasteiger partial charge in [0.1, 0.15) is 5.82 Å². The van der Waals surface area contributed by atoms with Gasteiger partial charge in [0, 0.05) is 29.3 Å². The molecule has 4 N–H and O–H groups in total. The van der Waals surface area contributed by atoms with Gasteiger partial charge in [-0.1, -0.05) is 34.6 Å². The molecule has 0 saturated heterocycles. The summed E-state index contributed by atoms with van der Waals surface area (Å²) in [6.07, 6.45) is 0.728. The fourth-order valence-corrected chi connectivity index (χ4v) is 3.30. The van der Waals surface area contributed by atoms with Crippen molar-refractivity contribution < 1.29 is 4.79 Å². The molecule has 0 spiro atoms. The van der Waals surface area contributed by atoms with Gasteiger partial charge in [-0.3, -0.25) is 9.89 Å². The highest BCUT2D eigenvalue weighted by Gasteiger charge is 2.60. The number of carbonyl (C=O) groups is 1. The van der Waals surface area contributed by atoms with Gasteiger partial charge in [0.05, 0.1) is 0 Å². The molecular weight excluding hydrogens is 242 g/mol. The van der Waals surface area contributed by atoms with Crippen LogP contribution in [0.25, 0.3) is 0 Å². The third-order valence-corrected chi connectivity index (χ3v) is 4.44. The molecule has 0 unspecified atom stereocenters. The number of rotatable bonds is 3. The van der Waals surface area contributed by atoms with Crippen molar-refractivity contribution in [1.29, 1.82) is 0 Å². The lowest BCUT2D eigenvalue weighted by atomic mass is 9.48. The molecule has 1 aromatic rings. The Morgan fingerprint density at radius 3 is 2.42 bits per heavy atom. The van der Waals surface area contributed by atoms with Gasteiger partial charge >= 0.3 is 0 Å². The Labute approximate surface area is 113 Å². The first-order chi connectivity index (χ1) is 8.71. The molecule has 1 aromatic heterocycles. The minimum atomic E-state index is -0.242. The van der Waals surface area contributed by atoms with Crippen LogP contribution in [0.15, 0.2) is 0 Å². The molecule has 106 valence electrons. The molecule has 1 amide bonds. The number of carbonyl (C=O) groups excluding carboxylic acids is 1. The number of nitrogens with two attached hydrogens (primary N) is 1. The van der Waals surface area contributed by atoms with Crippen LogP contribution >= 0.6 is 0 Å². The molecule has 2 rings (SSSR count). The lowest BCUT2D eigenvalue weighted by Crippen LogP contribution is -2.76. The summed E-state index contributed by atoms with van der Waals surface area (Å²) >= 11 is 0. The van der Waals surface area contributed by atoms with Gasteiger partial charge in [-0.15, -0.1) is 5.10 Å². The van der Waals surface area contributed by atoms with Crippen molar-refractivity contribution in [2.45, 2.75) is 53.1 Å². The number of H-pyrrole nitrogens is 1. The molecule has 1 fully saturated rings. The quantitative estimate of drug-likeness (QED) is 0.755. The second kappa shape index (κ2) is 4.30. The van der Waals surface area contributed by atoms with Crippen molar-refractivity contribution in [3.05, 3.63) is 11.6 Å². The highest BCUT2D eigenvalue weighted by Crippen LogP contribution is 2.52. The maximum atomic E-state index is 12.2. The fraction of sp³-hybridized carbons (Fsp3) is 0.769. The van der Waals surface area contributed by atoms with E-state index in [9.17, 15) is 4.79 Å². The van der Waals surface area contributed by atoms with E-state index >= 15 is 0 Å². The topological polar surface area (TPSA) is 96.7 Å². The first kappa shape index (κ1) is 14.0. The van der Waals surface area contributed by atoms with E-state index in [1.54, 1.807) is 0 Å². The first-order valence-electron chi connectivity index (χ1n) is 6.69. The van der Waals surface area contributed by atoms with Crippen LogP contribution in [-0.2, 0) is 6.42 Å². The zero-order valence-corrected chi connectivity index (χ0v) is 12.2. The van der Waals surface area contributed by atoms with Crippen LogP contribution in [0, 0.1) is 10.8 Å². The van der Waals surface area contributed by atoms with Crippen molar-refractivity contribution in [3.63, 3.8) is 0 Å². The minimum absolute atomic E-state index is 0.0195. The van der Waals surface area contributed by atoms with E-state index in [1.165, 1.54) is 0 Å². The number of hydrogen-bond acceptors (Lipinski definition) is 4. The Hall–Kier alpha value is -1.43. The van der Waals surface area contributed by atoms with Gasteiger partial charge < -0.3 is 11.1 Å². The van der Waals surface area contributed by atoms with E-state index < -0.39 is 0 Å². The molecule has 19 heavy (non-hydrogen) atoms. The van der Waals surface area contributed by atoms with Crippen LogP contribution in [0.3, 0.4) is 0 Å². The van der Waals surface area contributed by atoms with Crippen LogP contribution in [-0.4, -0.2) is 33.2 Å². The predicted octanol–water partition coefficient (Wildman–Crippen LogP) is 0.859. The summed E-state index contributed by atoms with van der Waals surface area (Å²) in [5.41, 5.74) is 5.93. The molecule has 0 bridgehead atoms. The summed E-state index contributed by atoms with van der Waals surface area (Å²) in [6.45, 7) is 10.2. The molecular formula is C13H23N5O. The molecule has 0 aromatic carbocycles. The molecule has 1 aliphatic rings. The smallest absolute Gasteiger partial charge is 0.291 e. The Morgan fingerprint density at radius 1 is 1.37 bits per heavy atom. The van der Waals surface area contributed by atoms with Gasteiger partial charge in [0.2, 0.25) is 5.82 Å². The van der Waals surface area contributed by atoms with Crippen LogP contribution in [0.5, 0.6) is 0 Å². The van der Waals surface area contributed by atoms with E-state index in [2.05, 4.69) is 48.2 Å². The van der Waals surface area contributed by atoms with Crippen LogP contribution in [0.4, 0.5) is 0 Å². The van der Waals surface area contributed by atoms with Crippen LogP contribution < -0.4 is 11.1 Å². The molecule has 6 heteroatoms. The number of aryl methyl sites for hydroxylation is 1. The molecule has 1 saturated carbocycles. The van der Waals surface area contributed by atoms with Gasteiger partial charge in [0.15, 0.2) is 0 Å². The maximum Gasteiger partial charge on any atom is 0.291 e. The minimum Gasteiger partial charge on any atom is -0.345 e. The second-order valence-corrected chi connectivity index (χ2v) is 6.49. The van der Waals surface area contributed by atoms with Crippen molar-refractivity contribution >= 4 is 5.91 Å². The SMILES string of the molecule is CCc1nc(C(=O)NC2C(C)(C)C(N)C2(C)C)n[nH]1. The average Bonchev–Trinajstić information content (AvgIpc) is 2.83. The lowest BCUT2D eigenvalue weighted by Gasteiger charge is -2.62. The fourth-order valence-electron chi connectivity index (χ4n) is 3.30. The summed E-state index contributed by atoms with van der Waals surface area (Å²) in [6, 6.07) is 0.0784. The number of aromatic amines is 1. The zero-order valence-electron chi connectivity index (χ0n) is 12.2. The number of aromatic nitrogens is 3. The van der Waals surface area contributed by atoms with Crippen LogP contribution in [0.2, 0.25) is 0 Å². The Bertz CT molecular complexity index is 475. The monoisotopic (exact) mass is 265 g/mol.